The number of methoxy groups -OCH3 is 1. The summed E-state index contributed by atoms with van der Waals surface area (Å²) in [4.78, 5) is 2.32. The third kappa shape index (κ3) is 1.64. The Morgan fingerprint density at radius 1 is 1.36 bits per heavy atom. The number of piperidine rings is 1. The number of hydrogen-bond donors (Lipinski definition) is 1. The zero-order valence-electron chi connectivity index (χ0n) is 8.32. The minimum Gasteiger partial charge on any atom is -0.490 e. The second-order valence-corrected chi connectivity index (χ2v) is 4.21. The number of nitrogens with two attached hydrogens (primary N) is 1. The maximum atomic E-state index is 5.71. The second kappa shape index (κ2) is 4.04. The predicted molar refractivity (Wildman–Crippen MR) is 59.1 cm³/mol. The van der Waals surface area contributed by atoms with Gasteiger partial charge in [-0.2, -0.15) is 4.37 Å². The van der Waals surface area contributed by atoms with Gasteiger partial charge >= 0.3 is 0 Å². The average molecular weight is 213 g/mol. The third-order valence-corrected chi connectivity index (χ3v) is 3.41. The van der Waals surface area contributed by atoms with Crippen LogP contribution in [0.3, 0.4) is 0 Å². The molecule has 0 atom stereocenters. The van der Waals surface area contributed by atoms with E-state index >= 15 is 0 Å². The van der Waals surface area contributed by atoms with Crippen molar-refractivity contribution in [1.82, 2.24) is 4.37 Å². The summed E-state index contributed by atoms with van der Waals surface area (Å²) < 4.78 is 9.37. The Kier molecular flexibility index (Phi) is 2.77. The summed E-state index contributed by atoms with van der Waals surface area (Å²) in [7, 11) is 1.65. The zero-order chi connectivity index (χ0) is 9.97. The van der Waals surface area contributed by atoms with Gasteiger partial charge in [-0.1, -0.05) is 0 Å². The summed E-state index contributed by atoms with van der Waals surface area (Å²) in [5.74, 6) is 1.26. The first kappa shape index (κ1) is 9.58. The summed E-state index contributed by atoms with van der Waals surface area (Å²) in [6, 6.07) is 0. The van der Waals surface area contributed by atoms with E-state index in [1.807, 2.05) is 0 Å². The molecule has 0 radical (unpaired) electrons. The molecule has 4 nitrogen and oxygen atoms in total. The SMILES string of the molecule is COc1c(N)nsc1N1CCCCC1. The van der Waals surface area contributed by atoms with Gasteiger partial charge in [0.15, 0.2) is 16.6 Å². The first-order valence-corrected chi connectivity index (χ1v) is 5.64. The highest BCUT2D eigenvalue weighted by atomic mass is 32.1. The topological polar surface area (TPSA) is 51.4 Å². The molecule has 1 aliphatic heterocycles. The van der Waals surface area contributed by atoms with E-state index in [2.05, 4.69) is 9.27 Å². The summed E-state index contributed by atoms with van der Waals surface area (Å²) in [5.41, 5.74) is 5.71. The van der Waals surface area contributed by atoms with Crippen LogP contribution in [-0.4, -0.2) is 24.6 Å². The largest absolute Gasteiger partial charge is 0.490 e. The number of hydrogen-bond acceptors (Lipinski definition) is 5. The van der Waals surface area contributed by atoms with Crippen molar-refractivity contribution >= 4 is 22.4 Å². The van der Waals surface area contributed by atoms with E-state index in [1.165, 1.54) is 30.8 Å². The molecule has 1 aliphatic rings. The molecule has 2 heterocycles. The Morgan fingerprint density at radius 2 is 2.07 bits per heavy atom. The Labute approximate surface area is 87.8 Å². The molecule has 0 bridgehead atoms. The molecule has 1 fully saturated rings. The van der Waals surface area contributed by atoms with Gasteiger partial charge in [-0.15, -0.1) is 0 Å². The number of nitrogens with zero attached hydrogens (tertiary/aromatic N) is 2. The van der Waals surface area contributed by atoms with Gasteiger partial charge in [0.2, 0.25) is 0 Å². The van der Waals surface area contributed by atoms with E-state index in [-0.39, 0.29) is 0 Å². The number of nitrogen functional groups attached to an aromatic ring is 1. The van der Waals surface area contributed by atoms with Crippen LogP contribution in [0.2, 0.25) is 0 Å². The number of rotatable bonds is 2. The molecule has 1 aromatic rings. The molecule has 14 heavy (non-hydrogen) atoms. The van der Waals surface area contributed by atoms with Crippen LogP contribution in [0.15, 0.2) is 0 Å². The molecule has 1 saturated heterocycles. The first-order chi connectivity index (χ1) is 6.83. The normalized spacial score (nSPS) is 17.1. The van der Waals surface area contributed by atoms with E-state index in [9.17, 15) is 0 Å². The molecule has 2 rings (SSSR count). The van der Waals surface area contributed by atoms with Gasteiger partial charge in [-0.3, -0.25) is 0 Å². The maximum absolute atomic E-state index is 5.71. The number of aromatic nitrogens is 1. The predicted octanol–water partition coefficient (Wildman–Crippen LogP) is 1.72. The lowest BCUT2D eigenvalue weighted by atomic mass is 10.1. The van der Waals surface area contributed by atoms with Crippen molar-refractivity contribution in [3.63, 3.8) is 0 Å². The fourth-order valence-electron chi connectivity index (χ4n) is 1.78. The van der Waals surface area contributed by atoms with Gasteiger partial charge in [-0.25, -0.2) is 0 Å². The van der Waals surface area contributed by atoms with Gasteiger partial charge in [-0.05, 0) is 30.8 Å². The van der Waals surface area contributed by atoms with Crippen LogP contribution in [0.1, 0.15) is 19.3 Å². The van der Waals surface area contributed by atoms with Crippen molar-refractivity contribution in [1.29, 1.82) is 0 Å². The monoisotopic (exact) mass is 213 g/mol. The van der Waals surface area contributed by atoms with Gasteiger partial charge in [0, 0.05) is 13.1 Å². The van der Waals surface area contributed by atoms with Crippen molar-refractivity contribution < 1.29 is 4.74 Å². The Hall–Kier alpha value is -0.970. The highest BCUT2D eigenvalue weighted by molar-refractivity contribution is 7.11. The fraction of sp³-hybridized carbons (Fsp3) is 0.667. The molecule has 0 saturated carbocycles. The lowest BCUT2D eigenvalue weighted by Crippen LogP contribution is -2.28. The minimum atomic E-state index is 0.512. The highest BCUT2D eigenvalue weighted by Gasteiger charge is 2.19. The Morgan fingerprint density at radius 3 is 2.71 bits per heavy atom. The van der Waals surface area contributed by atoms with Gasteiger partial charge in [0.05, 0.1) is 7.11 Å². The second-order valence-electron chi connectivity index (χ2n) is 3.45. The molecule has 0 aromatic carbocycles. The van der Waals surface area contributed by atoms with E-state index in [1.54, 1.807) is 7.11 Å². The van der Waals surface area contributed by atoms with Gasteiger partial charge in [0.25, 0.3) is 0 Å². The van der Waals surface area contributed by atoms with Crippen molar-refractivity contribution in [3.05, 3.63) is 0 Å². The molecule has 0 unspecified atom stereocenters. The summed E-state index contributed by atoms with van der Waals surface area (Å²) in [5, 5.41) is 1.09. The van der Waals surface area contributed by atoms with Crippen molar-refractivity contribution in [3.8, 4) is 5.75 Å². The smallest absolute Gasteiger partial charge is 0.197 e. The lowest BCUT2D eigenvalue weighted by Gasteiger charge is -2.27. The zero-order valence-corrected chi connectivity index (χ0v) is 9.14. The van der Waals surface area contributed by atoms with Gasteiger partial charge < -0.3 is 15.4 Å². The van der Waals surface area contributed by atoms with E-state index < -0.39 is 0 Å². The van der Waals surface area contributed by atoms with Crippen LogP contribution >= 0.6 is 11.5 Å². The molecular formula is C9H15N3OS. The molecule has 5 heteroatoms. The van der Waals surface area contributed by atoms with Crippen LogP contribution < -0.4 is 15.4 Å². The fourth-order valence-corrected chi connectivity index (χ4v) is 2.61. The standard InChI is InChI=1S/C9H15N3OS/c1-13-7-8(10)11-14-9(7)12-5-3-2-4-6-12/h2-6H2,1H3,(H2,10,11). The Bertz CT molecular complexity index is 307. The van der Waals surface area contributed by atoms with Crippen LogP contribution in [0.25, 0.3) is 0 Å². The quantitative estimate of drug-likeness (QED) is 0.812. The van der Waals surface area contributed by atoms with Crippen LogP contribution in [0.5, 0.6) is 5.75 Å². The number of anilines is 2. The van der Waals surface area contributed by atoms with Crippen molar-refractivity contribution in [2.24, 2.45) is 0 Å². The van der Waals surface area contributed by atoms with E-state index in [0.29, 0.717) is 5.82 Å². The molecule has 1 aromatic heterocycles. The van der Waals surface area contributed by atoms with Crippen molar-refractivity contribution in [2.45, 2.75) is 19.3 Å². The molecular weight excluding hydrogens is 198 g/mol. The summed E-state index contributed by atoms with van der Waals surface area (Å²) in [6.07, 6.45) is 3.83. The number of ether oxygens (including phenoxy) is 1. The summed E-state index contributed by atoms with van der Waals surface area (Å²) >= 11 is 1.43. The average Bonchev–Trinajstić information content (AvgIpc) is 2.61. The minimum absolute atomic E-state index is 0.512. The maximum Gasteiger partial charge on any atom is 0.197 e. The molecule has 78 valence electrons. The van der Waals surface area contributed by atoms with Gasteiger partial charge in [0.1, 0.15) is 0 Å². The van der Waals surface area contributed by atoms with Crippen LogP contribution in [0.4, 0.5) is 10.8 Å². The first-order valence-electron chi connectivity index (χ1n) is 4.87. The van der Waals surface area contributed by atoms with E-state index in [0.717, 1.165) is 23.8 Å². The molecule has 2 N–H and O–H groups in total. The third-order valence-electron chi connectivity index (χ3n) is 2.50. The lowest BCUT2D eigenvalue weighted by molar-refractivity contribution is 0.416. The highest BCUT2D eigenvalue weighted by Crippen LogP contribution is 2.38. The Balaban J connectivity index is 2.21. The van der Waals surface area contributed by atoms with Crippen LogP contribution in [-0.2, 0) is 0 Å². The van der Waals surface area contributed by atoms with Crippen molar-refractivity contribution in [2.75, 3.05) is 30.8 Å². The molecule has 0 aliphatic carbocycles. The van der Waals surface area contributed by atoms with E-state index in [4.69, 9.17) is 10.5 Å². The molecule has 0 spiro atoms. The molecule has 0 amide bonds. The van der Waals surface area contributed by atoms with Crippen LogP contribution in [0, 0.1) is 0 Å². The summed E-state index contributed by atoms with van der Waals surface area (Å²) in [6.45, 7) is 2.19.